The van der Waals surface area contributed by atoms with Crippen LogP contribution >= 0.6 is 0 Å². The first kappa shape index (κ1) is 41.9. The second-order valence-corrected chi connectivity index (χ2v) is 9.50. The van der Waals surface area contributed by atoms with Crippen LogP contribution in [-0.2, 0) is 36.6 Å². The van der Waals surface area contributed by atoms with Crippen molar-refractivity contribution in [3.63, 3.8) is 0 Å². The van der Waals surface area contributed by atoms with Crippen LogP contribution in [0.15, 0.2) is 31.6 Å². The van der Waals surface area contributed by atoms with Crippen molar-refractivity contribution in [1.29, 1.82) is 0 Å². The van der Waals surface area contributed by atoms with Crippen molar-refractivity contribution in [1.82, 2.24) is 25.3 Å². The van der Waals surface area contributed by atoms with Gasteiger partial charge in [-0.3, -0.25) is 38.3 Å². The lowest BCUT2D eigenvalue weighted by Crippen LogP contribution is -2.39. The van der Waals surface area contributed by atoms with Gasteiger partial charge in [0.2, 0.25) is 5.91 Å². The number of primary amides is 1. The Morgan fingerprint density at radius 2 is 1.17 bits per heavy atom. The number of hydrogen-bond acceptors (Lipinski definition) is 16. The molecule has 2 saturated heterocycles. The molecular formula is C24H40N6O16. The Labute approximate surface area is 258 Å². The molecule has 2 fully saturated rings. The number of hydrogen-bond donors (Lipinski definition) is 10. The smallest absolute Gasteiger partial charge is 0.330 e. The highest BCUT2D eigenvalue weighted by molar-refractivity contribution is 5.76. The third kappa shape index (κ3) is 9.00. The molecule has 262 valence electrons. The Hall–Kier alpha value is -4.10. The fourth-order valence-corrected chi connectivity index (χ4v) is 4.32. The molecule has 15 N–H and O–H groups in total. The molecule has 2 aliphatic rings. The number of aromatic nitrogens is 4. The van der Waals surface area contributed by atoms with Crippen LogP contribution in [0.4, 0.5) is 0 Å². The number of aromatic amines is 2. The molecule has 2 aromatic heterocycles. The van der Waals surface area contributed by atoms with E-state index >= 15 is 0 Å². The third-order valence-corrected chi connectivity index (χ3v) is 6.59. The first-order valence-corrected chi connectivity index (χ1v) is 12.5. The normalized spacial score (nSPS) is 26.4. The third-order valence-electron chi connectivity index (χ3n) is 6.59. The average Bonchev–Trinajstić information content (AvgIpc) is 3.41. The van der Waals surface area contributed by atoms with Crippen molar-refractivity contribution in [3.8, 4) is 0 Å². The molecule has 1 amide bonds. The van der Waals surface area contributed by atoms with Crippen LogP contribution in [-0.4, -0.2) is 124 Å². The Bertz CT molecular complexity index is 1550. The number of methoxy groups -OCH3 is 1. The van der Waals surface area contributed by atoms with Gasteiger partial charge < -0.3 is 62.2 Å². The Morgan fingerprint density at radius 3 is 1.48 bits per heavy atom. The van der Waals surface area contributed by atoms with E-state index in [9.17, 15) is 49.2 Å². The van der Waals surface area contributed by atoms with Gasteiger partial charge in [-0.05, 0) is 0 Å². The van der Waals surface area contributed by atoms with Crippen molar-refractivity contribution < 1.29 is 59.9 Å². The lowest BCUT2D eigenvalue weighted by Gasteiger charge is -2.17. The van der Waals surface area contributed by atoms with Crippen LogP contribution < -0.4 is 34.4 Å². The maximum Gasteiger partial charge on any atom is 0.330 e. The summed E-state index contributed by atoms with van der Waals surface area (Å²) in [6.45, 7) is -1.11. The molecule has 46 heavy (non-hydrogen) atoms. The van der Waals surface area contributed by atoms with Gasteiger partial charge in [0.1, 0.15) is 36.6 Å². The number of nitrogens with zero attached hydrogens (tertiary/aromatic N) is 2. The number of nitrogens with two attached hydrogens (primary N) is 1. The summed E-state index contributed by atoms with van der Waals surface area (Å²) in [6, 6.07) is 0. The largest absolute Gasteiger partial charge is 0.469 e. The molecule has 22 heteroatoms. The van der Waals surface area contributed by atoms with E-state index in [0.29, 0.717) is 0 Å². The van der Waals surface area contributed by atoms with Gasteiger partial charge in [-0.15, -0.1) is 0 Å². The van der Waals surface area contributed by atoms with E-state index in [-0.39, 0.29) is 36.6 Å². The number of carbonyl (C=O) groups excluding carboxylic acids is 2. The summed E-state index contributed by atoms with van der Waals surface area (Å²) < 4.78 is 16.5. The summed E-state index contributed by atoms with van der Waals surface area (Å²) >= 11 is 0. The van der Waals surface area contributed by atoms with E-state index in [4.69, 9.17) is 25.4 Å². The second kappa shape index (κ2) is 17.6. The zero-order valence-electron chi connectivity index (χ0n) is 23.6. The number of H-pyrrole nitrogens is 2. The SMILES string of the molecule is C.COC(=O)Cc1cn([C@@H]2O[C@H](CO)C(O)[C@@H]2O)c(=O)[nH]c1=O.N.NC(=O)Cc1cn([C@@H]2O[C@H](CO)C(O)[C@@H]2O)c(=O)[nH]c1=O.O. The van der Waals surface area contributed by atoms with E-state index < -0.39 is 103 Å². The maximum absolute atomic E-state index is 11.8. The van der Waals surface area contributed by atoms with Crippen LogP contribution in [0.1, 0.15) is 31.0 Å². The number of nitrogens with one attached hydrogen (secondary N) is 2. The molecule has 22 nitrogen and oxygen atoms in total. The van der Waals surface area contributed by atoms with Gasteiger partial charge in [-0.1, -0.05) is 7.43 Å². The maximum atomic E-state index is 11.8. The number of esters is 1. The summed E-state index contributed by atoms with van der Waals surface area (Å²) in [5, 5.41) is 57.1. The van der Waals surface area contributed by atoms with Crippen molar-refractivity contribution in [2.24, 2.45) is 5.73 Å². The number of aliphatic hydroxyl groups excluding tert-OH is 6. The molecule has 2 unspecified atom stereocenters. The van der Waals surface area contributed by atoms with Gasteiger partial charge in [-0.2, -0.15) is 0 Å². The van der Waals surface area contributed by atoms with E-state index in [0.717, 1.165) is 28.6 Å². The summed E-state index contributed by atoms with van der Waals surface area (Å²) in [4.78, 5) is 72.9. The predicted molar refractivity (Wildman–Crippen MR) is 153 cm³/mol. The fraction of sp³-hybridized carbons (Fsp3) is 0.583. The Balaban J connectivity index is 0.000000827. The van der Waals surface area contributed by atoms with Crippen LogP contribution in [0, 0.1) is 0 Å². The minimum atomic E-state index is -1.48. The number of ether oxygens (including phenoxy) is 3. The van der Waals surface area contributed by atoms with E-state index in [1.165, 1.54) is 0 Å². The topological polar surface area (TPSA) is 385 Å². The number of aliphatic hydroxyl groups is 6. The lowest BCUT2D eigenvalue weighted by molar-refractivity contribution is -0.139. The van der Waals surface area contributed by atoms with E-state index in [1.54, 1.807) is 0 Å². The Kier molecular flexibility index (Phi) is 16.0. The highest BCUT2D eigenvalue weighted by Gasteiger charge is 2.45. The molecule has 0 aromatic carbocycles. The summed E-state index contributed by atoms with van der Waals surface area (Å²) in [7, 11) is 1.15. The number of rotatable bonds is 8. The van der Waals surface area contributed by atoms with Crippen molar-refractivity contribution in [3.05, 3.63) is 65.2 Å². The van der Waals surface area contributed by atoms with Gasteiger partial charge in [0.05, 0.1) is 33.2 Å². The van der Waals surface area contributed by atoms with E-state index in [1.807, 2.05) is 9.97 Å². The van der Waals surface area contributed by atoms with Crippen LogP contribution in [0.2, 0.25) is 0 Å². The molecule has 4 heterocycles. The zero-order chi connectivity index (χ0) is 32.2. The molecule has 2 aromatic rings. The van der Waals surface area contributed by atoms with Crippen molar-refractivity contribution >= 4 is 11.9 Å². The summed E-state index contributed by atoms with van der Waals surface area (Å²) in [5.74, 6) is -1.45. The molecule has 2 aliphatic heterocycles. The van der Waals surface area contributed by atoms with Crippen molar-refractivity contribution in [2.75, 3.05) is 20.3 Å². The second-order valence-electron chi connectivity index (χ2n) is 9.50. The Morgan fingerprint density at radius 1 is 0.804 bits per heavy atom. The van der Waals surface area contributed by atoms with Crippen LogP contribution in [0.3, 0.4) is 0 Å². The number of carbonyl (C=O) groups is 2. The molecule has 0 spiro atoms. The number of amides is 1. The van der Waals surface area contributed by atoms with Gasteiger partial charge in [0.15, 0.2) is 12.5 Å². The lowest BCUT2D eigenvalue weighted by atomic mass is 10.1. The summed E-state index contributed by atoms with van der Waals surface area (Å²) in [5.41, 5.74) is 1.54. The first-order valence-electron chi connectivity index (χ1n) is 12.5. The standard InChI is InChI=1S/C12H16N2O8.C11H15N3O7.CH4.H3N.H2O/c1-21-7(16)2-5-3-14(12(20)13-10(5)19)11-9(18)8(17)6(4-15)22-11;12-6(16)1-4-2-14(11(20)13-9(4)19)10-8(18)7(17)5(3-15)21-10;;;/h3,6,8-9,11,15,17-18H,2,4H2,1H3,(H,13,19,20);2,5,7-8,10,15,17-18H,1,3H2,(H2,12,16)(H,13,19,20);1H4;1H3;1H2/t6-,8?,9+,11-;5-,7?,8+,10-;;;/m11.../s1. The highest BCUT2D eigenvalue weighted by atomic mass is 16.6. The molecule has 0 saturated carbocycles. The minimum Gasteiger partial charge on any atom is -0.469 e. The van der Waals surface area contributed by atoms with Gasteiger partial charge in [0.25, 0.3) is 11.1 Å². The first-order chi connectivity index (χ1) is 20.2. The summed E-state index contributed by atoms with van der Waals surface area (Å²) in [6.07, 6.45) is -9.15. The van der Waals surface area contributed by atoms with Gasteiger partial charge in [-0.25, -0.2) is 9.59 Å². The molecule has 4 rings (SSSR count). The monoisotopic (exact) mass is 668 g/mol. The highest BCUT2D eigenvalue weighted by Crippen LogP contribution is 2.29. The van der Waals surface area contributed by atoms with Crippen LogP contribution in [0.5, 0.6) is 0 Å². The van der Waals surface area contributed by atoms with Crippen LogP contribution in [0.25, 0.3) is 0 Å². The zero-order valence-corrected chi connectivity index (χ0v) is 23.6. The molecular weight excluding hydrogens is 628 g/mol. The van der Waals surface area contributed by atoms with E-state index in [2.05, 4.69) is 4.74 Å². The van der Waals surface area contributed by atoms with Crippen molar-refractivity contribution in [2.45, 2.75) is 69.3 Å². The van der Waals surface area contributed by atoms with Gasteiger partial charge >= 0.3 is 17.3 Å². The average molecular weight is 669 g/mol. The quantitative estimate of drug-likeness (QED) is 0.117. The molecule has 8 atom stereocenters. The molecule has 0 bridgehead atoms. The minimum absolute atomic E-state index is 0. The predicted octanol–water partition coefficient (Wildman–Crippen LogP) is -6.99. The molecule has 0 aliphatic carbocycles. The molecule has 0 radical (unpaired) electrons. The van der Waals surface area contributed by atoms with Gasteiger partial charge in [0, 0.05) is 23.5 Å². The fourth-order valence-electron chi connectivity index (χ4n) is 4.32.